The Kier molecular flexibility index (Phi) is 5.31. The first kappa shape index (κ1) is 25.2. The van der Waals surface area contributed by atoms with Gasteiger partial charge in [-0.3, -0.25) is 0 Å². The third-order valence-electron chi connectivity index (χ3n) is 9.55. The van der Waals surface area contributed by atoms with Gasteiger partial charge in [0.25, 0.3) is 0 Å². The number of nitrogens with zero attached hydrogens (tertiary/aromatic N) is 1. The van der Waals surface area contributed by atoms with Crippen LogP contribution >= 0.6 is 0 Å². The predicted molar refractivity (Wildman–Crippen MR) is 192 cm³/mol. The van der Waals surface area contributed by atoms with E-state index in [0.717, 1.165) is 22.7 Å². The third kappa shape index (κ3) is 3.65. The summed E-state index contributed by atoms with van der Waals surface area (Å²) in [5.74, 6) is 1.82. The van der Waals surface area contributed by atoms with Crippen molar-refractivity contribution in [3.8, 4) is 50.6 Å². The maximum atomic E-state index is 6.39. The van der Waals surface area contributed by atoms with Gasteiger partial charge in [0, 0.05) is 33.0 Å². The molecule has 2 heteroatoms. The van der Waals surface area contributed by atoms with E-state index < -0.39 is 0 Å². The molecule has 10 rings (SSSR count). The van der Waals surface area contributed by atoms with Gasteiger partial charge in [0.1, 0.15) is 11.5 Å². The summed E-state index contributed by atoms with van der Waals surface area (Å²) in [6, 6.07) is 59.0. The molecule has 0 spiro atoms. The van der Waals surface area contributed by atoms with Gasteiger partial charge in [0.15, 0.2) is 0 Å². The highest BCUT2D eigenvalue weighted by Crippen LogP contribution is 2.48. The van der Waals surface area contributed by atoms with Crippen molar-refractivity contribution in [3.63, 3.8) is 0 Å². The Morgan fingerprint density at radius 2 is 1.11 bits per heavy atom. The van der Waals surface area contributed by atoms with Crippen molar-refractivity contribution in [3.05, 3.63) is 164 Å². The zero-order valence-electron chi connectivity index (χ0n) is 24.9. The minimum absolute atomic E-state index is 0.899. The van der Waals surface area contributed by atoms with Crippen molar-refractivity contribution in [2.45, 2.75) is 0 Å². The van der Waals surface area contributed by atoms with E-state index in [0.29, 0.717) is 0 Å². The second kappa shape index (κ2) is 9.69. The van der Waals surface area contributed by atoms with E-state index in [1.165, 1.54) is 71.2 Å². The summed E-state index contributed by atoms with van der Waals surface area (Å²) in [5.41, 5.74) is 10.7. The SMILES string of the molecule is c1ccc(-n2c3ccc4ccccc4c3c3cccc(-c4cccc(-c5ccc6c(c5)-c5cccc7cccc(c57)O6)c4)c32)cc1. The number of para-hydroxylation sites is 2. The fourth-order valence-electron chi connectivity index (χ4n) is 7.52. The van der Waals surface area contributed by atoms with Crippen molar-refractivity contribution in [1.82, 2.24) is 4.57 Å². The van der Waals surface area contributed by atoms with Gasteiger partial charge in [-0.05, 0) is 80.9 Å². The molecule has 46 heavy (non-hydrogen) atoms. The molecule has 0 atom stereocenters. The average Bonchev–Trinajstić information content (AvgIpc) is 3.47. The first-order chi connectivity index (χ1) is 22.8. The van der Waals surface area contributed by atoms with Crippen LogP contribution in [0.15, 0.2) is 164 Å². The number of benzene rings is 8. The van der Waals surface area contributed by atoms with Gasteiger partial charge in [-0.15, -0.1) is 0 Å². The monoisotopic (exact) mass is 585 g/mol. The first-order valence-corrected chi connectivity index (χ1v) is 15.8. The number of fused-ring (bicyclic) bond motifs is 7. The summed E-state index contributed by atoms with van der Waals surface area (Å²) in [5, 5.41) is 7.46. The minimum Gasteiger partial charge on any atom is -0.456 e. The normalized spacial score (nSPS) is 12.1. The maximum absolute atomic E-state index is 6.39. The second-order valence-corrected chi connectivity index (χ2v) is 12.1. The molecule has 8 aromatic carbocycles. The predicted octanol–water partition coefficient (Wildman–Crippen LogP) is 12.2. The van der Waals surface area contributed by atoms with Crippen molar-refractivity contribution in [1.29, 1.82) is 0 Å². The third-order valence-corrected chi connectivity index (χ3v) is 9.55. The number of ether oxygens (including phenoxy) is 1. The van der Waals surface area contributed by atoms with Gasteiger partial charge in [-0.2, -0.15) is 0 Å². The topological polar surface area (TPSA) is 14.2 Å². The van der Waals surface area contributed by atoms with Crippen molar-refractivity contribution < 1.29 is 4.74 Å². The molecular formula is C44H27NO. The molecule has 0 amide bonds. The molecule has 2 heterocycles. The van der Waals surface area contributed by atoms with Gasteiger partial charge >= 0.3 is 0 Å². The highest BCUT2D eigenvalue weighted by atomic mass is 16.5. The van der Waals surface area contributed by atoms with E-state index in [9.17, 15) is 0 Å². The van der Waals surface area contributed by atoms with Gasteiger partial charge in [0.2, 0.25) is 0 Å². The minimum atomic E-state index is 0.899. The van der Waals surface area contributed by atoms with Crippen LogP contribution < -0.4 is 4.74 Å². The zero-order chi connectivity index (χ0) is 30.2. The lowest BCUT2D eigenvalue weighted by molar-refractivity contribution is 0.487. The van der Waals surface area contributed by atoms with Crippen molar-refractivity contribution in [2.24, 2.45) is 0 Å². The van der Waals surface area contributed by atoms with Crippen LogP contribution in [0.2, 0.25) is 0 Å². The summed E-state index contributed by atoms with van der Waals surface area (Å²) >= 11 is 0. The second-order valence-electron chi connectivity index (χ2n) is 12.1. The molecule has 2 nitrogen and oxygen atoms in total. The highest BCUT2D eigenvalue weighted by molar-refractivity contribution is 6.23. The van der Waals surface area contributed by atoms with Crippen LogP contribution in [0.5, 0.6) is 11.5 Å². The smallest absolute Gasteiger partial charge is 0.135 e. The molecular weight excluding hydrogens is 558 g/mol. The van der Waals surface area contributed by atoms with Crippen molar-refractivity contribution in [2.75, 3.05) is 0 Å². The van der Waals surface area contributed by atoms with E-state index in [4.69, 9.17) is 4.74 Å². The Labute approximate surface area is 266 Å². The van der Waals surface area contributed by atoms with Crippen molar-refractivity contribution >= 4 is 43.4 Å². The van der Waals surface area contributed by atoms with E-state index in [2.05, 4.69) is 168 Å². The lowest BCUT2D eigenvalue weighted by Gasteiger charge is -2.22. The molecule has 0 saturated heterocycles. The van der Waals surface area contributed by atoms with E-state index in [-0.39, 0.29) is 0 Å². The summed E-state index contributed by atoms with van der Waals surface area (Å²) in [7, 11) is 0. The average molecular weight is 586 g/mol. The van der Waals surface area contributed by atoms with Gasteiger partial charge in [-0.25, -0.2) is 0 Å². The molecule has 0 radical (unpaired) electrons. The highest BCUT2D eigenvalue weighted by Gasteiger charge is 2.21. The molecule has 0 unspecified atom stereocenters. The van der Waals surface area contributed by atoms with Gasteiger partial charge in [-0.1, -0.05) is 121 Å². The fourth-order valence-corrected chi connectivity index (χ4v) is 7.52. The molecule has 0 fully saturated rings. The van der Waals surface area contributed by atoms with Crippen LogP contribution in [0.4, 0.5) is 0 Å². The maximum Gasteiger partial charge on any atom is 0.135 e. The Bertz CT molecular complexity index is 2660. The van der Waals surface area contributed by atoms with E-state index in [1.54, 1.807) is 0 Å². The van der Waals surface area contributed by atoms with Crippen LogP contribution in [-0.2, 0) is 0 Å². The fraction of sp³-hybridized carbons (Fsp3) is 0. The molecule has 1 aliphatic rings. The number of rotatable bonds is 3. The number of aromatic nitrogens is 1. The number of hydrogen-bond acceptors (Lipinski definition) is 1. The molecule has 1 aliphatic heterocycles. The molecule has 0 N–H and O–H groups in total. The first-order valence-electron chi connectivity index (χ1n) is 15.8. The quantitative estimate of drug-likeness (QED) is 0.201. The Balaban J connectivity index is 1.19. The lowest BCUT2D eigenvalue weighted by Crippen LogP contribution is -1.97. The van der Waals surface area contributed by atoms with E-state index in [1.807, 2.05) is 0 Å². The Hall–Kier alpha value is -6.12. The van der Waals surface area contributed by atoms with Crippen LogP contribution in [-0.4, -0.2) is 4.57 Å². The molecule has 1 aromatic heterocycles. The van der Waals surface area contributed by atoms with Crippen LogP contribution in [0.25, 0.3) is 82.4 Å². The van der Waals surface area contributed by atoms with E-state index >= 15 is 0 Å². The van der Waals surface area contributed by atoms with Gasteiger partial charge < -0.3 is 9.30 Å². The summed E-state index contributed by atoms with van der Waals surface area (Å²) in [6.45, 7) is 0. The van der Waals surface area contributed by atoms with Crippen LogP contribution in [0, 0.1) is 0 Å². The largest absolute Gasteiger partial charge is 0.456 e. The summed E-state index contributed by atoms with van der Waals surface area (Å²) < 4.78 is 8.83. The van der Waals surface area contributed by atoms with Gasteiger partial charge in [0.05, 0.1) is 11.0 Å². The molecule has 0 saturated carbocycles. The molecule has 9 aromatic rings. The Morgan fingerprint density at radius 1 is 0.391 bits per heavy atom. The molecule has 214 valence electrons. The standard InChI is InChI=1S/C44H27NO/c1-2-15-33(16-3-1)45-39-24-22-28-10-4-5-17-34(28)43(39)37-20-9-18-35(44(37)45)32-14-6-13-30(26-32)31-23-25-40-38(27-31)36-19-7-11-29-12-8-21-41(46-40)42(29)36/h1-27H. The summed E-state index contributed by atoms with van der Waals surface area (Å²) in [6.07, 6.45) is 0. The van der Waals surface area contributed by atoms with Crippen LogP contribution in [0.1, 0.15) is 0 Å². The molecule has 0 bridgehead atoms. The Morgan fingerprint density at radius 3 is 2.04 bits per heavy atom. The zero-order valence-corrected chi connectivity index (χ0v) is 24.9. The summed E-state index contributed by atoms with van der Waals surface area (Å²) in [4.78, 5) is 0. The molecule has 0 aliphatic carbocycles. The number of hydrogen-bond donors (Lipinski definition) is 0. The van der Waals surface area contributed by atoms with Crippen LogP contribution in [0.3, 0.4) is 0 Å². The lowest BCUT2D eigenvalue weighted by atomic mass is 9.91.